The average Bonchev–Trinajstić information content (AvgIpc) is 2.47. The third-order valence-electron chi connectivity index (χ3n) is 3.09. The summed E-state index contributed by atoms with van der Waals surface area (Å²) in [5.41, 5.74) is 3.40. The Bertz CT molecular complexity index is 626. The van der Waals surface area contributed by atoms with Crippen LogP contribution in [0.25, 0.3) is 10.9 Å². The molecule has 0 saturated heterocycles. The van der Waals surface area contributed by atoms with Gasteiger partial charge in [-0.25, -0.2) is 10.5 Å². The number of nitrogens with zero attached hydrogens (tertiary/aromatic N) is 1. The molecular weight excluding hydrogens is 256 g/mol. The van der Waals surface area contributed by atoms with Crippen molar-refractivity contribution >= 4 is 16.8 Å². The van der Waals surface area contributed by atoms with Crippen LogP contribution in [0, 0.1) is 6.92 Å². The summed E-state index contributed by atoms with van der Waals surface area (Å²) < 4.78 is 5.66. The van der Waals surface area contributed by atoms with E-state index in [1.54, 1.807) is 11.5 Å². The van der Waals surface area contributed by atoms with Gasteiger partial charge in [0.05, 0.1) is 12.1 Å². The number of aromatic nitrogens is 1. The molecule has 5 nitrogen and oxygen atoms in total. The summed E-state index contributed by atoms with van der Waals surface area (Å²) in [7, 11) is 0. The first-order valence-electron chi connectivity index (χ1n) is 6.64. The number of carbonyl (C=O) groups is 1. The zero-order valence-electron chi connectivity index (χ0n) is 11.6. The molecule has 0 aliphatic rings. The van der Waals surface area contributed by atoms with Crippen LogP contribution >= 0.6 is 0 Å². The van der Waals surface area contributed by atoms with E-state index < -0.39 is 5.91 Å². The van der Waals surface area contributed by atoms with Gasteiger partial charge in [0.25, 0.3) is 5.91 Å². The largest absolute Gasteiger partial charge is 0.494 e. The van der Waals surface area contributed by atoms with Gasteiger partial charge in [-0.2, -0.15) is 0 Å². The minimum absolute atomic E-state index is 0.192. The fourth-order valence-corrected chi connectivity index (χ4v) is 1.97. The van der Waals surface area contributed by atoms with Crippen molar-refractivity contribution in [2.45, 2.75) is 26.7 Å². The zero-order chi connectivity index (χ0) is 14.5. The number of unbranched alkanes of at least 4 members (excludes halogenated alkanes) is 1. The molecule has 1 heterocycles. The topological polar surface area (TPSA) is 71.5 Å². The SMILES string of the molecule is CCCCOc1ccc2nc(C(=O)NO)cc(C)c2c1. The molecule has 1 aromatic carbocycles. The molecule has 0 saturated carbocycles. The fourth-order valence-electron chi connectivity index (χ4n) is 1.97. The number of hydrogen-bond acceptors (Lipinski definition) is 4. The maximum Gasteiger partial charge on any atom is 0.293 e. The zero-order valence-corrected chi connectivity index (χ0v) is 11.6. The number of rotatable bonds is 5. The minimum atomic E-state index is -0.613. The third kappa shape index (κ3) is 3.05. The first kappa shape index (κ1) is 14.3. The lowest BCUT2D eigenvalue weighted by Gasteiger charge is -2.09. The average molecular weight is 274 g/mol. The highest BCUT2D eigenvalue weighted by atomic mass is 16.5. The van der Waals surface area contributed by atoms with Gasteiger partial charge in [0, 0.05) is 5.39 Å². The van der Waals surface area contributed by atoms with Gasteiger partial charge in [-0.1, -0.05) is 13.3 Å². The molecule has 2 aromatic rings. The van der Waals surface area contributed by atoms with Crippen molar-refractivity contribution < 1.29 is 14.7 Å². The number of pyridine rings is 1. The van der Waals surface area contributed by atoms with E-state index >= 15 is 0 Å². The summed E-state index contributed by atoms with van der Waals surface area (Å²) in [6, 6.07) is 7.22. The Hall–Kier alpha value is -2.14. The van der Waals surface area contributed by atoms with Gasteiger partial charge in [0.2, 0.25) is 0 Å². The van der Waals surface area contributed by atoms with Crippen molar-refractivity contribution in [3.05, 3.63) is 35.5 Å². The molecule has 1 amide bonds. The molecule has 0 radical (unpaired) electrons. The van der Waals surface area contributed by atoms with Crippen LogP contribution in [-0.2, 0) is 0 Å². The molecule has 0 bridgehead atoms. The van der Waals surface area contributed by atoms with Gasteiger partial charge in [-0.05, 0) is 43.2 Å². The lowest BCUT2D eigenvalue weighted by Crippen LogP contribution is -2.20. The number of benzene rings is 1. The first-order valence-corrected chi connectivity index (χ1v) is 6.64. The number of ether oxygens (including phenoxy) is 1. The Labute approximate surface area is 117 Å². The second-order valence-corrected chi connectivity index (χ2v) is 4.65. The number of fused-ring (bicyclic) bond motifs is 1. The molecule has 106 valence electrons. The molecule has 1 aromatic heterocycles. The number of amides is 1. The summed E-state index contributed by atoms with van der Waals surface area (Å²) in [5, 5.41) is 9.59. The number of hydrogen-bond donors (Lipinski definition) is 2. The van der Waals surface area contributed by atoms with Gasteiger partial charge >= 0.3 is 0 Å². The lowest BCUT2D eigenvalue weighted by atomic mass is 10.1. The molecule has 0 aliphatic heterocycles. The summed E-state index contributed by atoms with van der Waals surface area (Å²) in [4.78, 5) is 15.6. The molecule has 5 heteroatoms. The number of aryl methyl sites for hydroxylation is 1. The van der Waals surface area contributed by atoms with E-state index in [-0.39, 0.29) is 5.69 Å². The smallest absolute Gasteiger partial charge is 0.293 e. The van der Waals surface area contributed by atoms with Crippen molar-refractivity contribution in [2.75, 3.05) is 6.61 Å². The molecule has 0 aliphatic carbocycles. The van der Waals surface area contributed by atoms with Gasteiger partial charge in [0.1, 0.15) is 11.4 Å². The standard InChI is InChI=1S/C15H18N2O3/c1-3-4-7-20-11-5-6-13-12(9-11)10(2)8-14(16-13)15(18)17-19/h5-6,8-9,19H,3-4,7H2,1-2H3,(H,17,18). The summed E-state index contributed by atoms with van der Waals surface area (Å²) in [6.45, 7) is 4.71. The molecule has 2 rings (SSSR count). The van der Waals surface area contributed by atoms with Crippen LogP contribution in [-0.4, -0.2) is 22.7 Å². The van der Waals surface area contributed by atoms with E-state index in [4.69, 9.17) is 9.94 Å². The van der Waals surface area contributed by atoms with E-state index in [1.807, 2.05) is 25.1 Å². The second-order valence-electron chi connectivity index (χ2n) is 4.65. The predicted octanol–water partition coefficient (Wildman–Crippen LogP) is 2.84. The maximum atomic E-state index is 11.4. The van der Waals surface area contributed by atoms with Crippen molar-refractivity contribution in [2.24, 2.45) is 0 Å². The first-order chi connectivity index (χ1) is 9.65. The van der Waals surface area contributed by atoms with Gasteiger partial charge < -0.3 is 4.74 Å². The Morgan fingerprint density at radius 1 is 1.40 bits per heavy atom. The highest BCUT2D eigenvalue weighted by Crippen LogP contribution is 2.23. The normalized spacial score (nSPS) is 10.6. The number of hydroxylamine groups is 1. The van der Waals surface area contributed by atoms with Crippen LogP contribution in [0.4, 0.5) is 0 Å². The predicted molar refractivity (Wildman–Crippen MR) is 76.1 cm³/mol. The minimum Gasteiger partial charge on any atom is -0.494 e. The quantitative estimate of drug-likeness (QED) is 0.499. The van der Waals surface area contributed by atoms with E-state index in [1.165, 1.54) is 0 Å². The van der Waals surface area contributed by atoms with Crippen molar-refractivity contribution in [1.82, 2.24) is 10.5 Å². The summed E-state index contributed by atoms with van der Waals surface area (Å²) in [5.74, 6) is 0.188. The maximum absolute atomic E-state index is 11.4. The van der Waals surface area contributed by atoms with E-state index in [0.29, 0.717) is 12.1 Å². The van der Waals surface area contributed by atoms with Crippen LogP contribution in [0.15, 0.2) is 24.3 Å². The Balaban J connectivity index is 2.34. The molecular formula is C15H18N2O3. The molecule has 0 unspecified atom stereocenters. The number of nitrogens with one attached hydrogen (secondary N) is 1. The van der Waals surface area contributed by atoms with Crippen molar-refractivity contribution in [3.63, 3.8) is 0 Å². The molecule has 0 spiro atoms. The van der Waals surface area contributed by atoms with Crippen LogP contribution in [0.1, 0.15) is 35.8 Å². The Kier molecular flexibility index (Phi) is 4.53. The Morgan fingerprint density at radius 3 is 2.90 bits per heavy atom. The van der Waals surface area contributed by atoms with Crippen LogP contribution in [0.5, 0.6) is 5.75 Å². The van der Waals surface area contributed by atoms with Crippen LogP contribution in [0.3, 0.4) is 0 Å². The van der Waals surface area contributed by atoms with Crippen LogP contribution < -0.4 is 10.2 Å². The Morgan fingerprint density at radius 2 is 2.20 bits per heavy atom. The van der Waals surface area contributed by atoms with Crippen LogP contribution in [0.2, 0.25) is 0 Å². The van der Waals surface area contributed by atoms with E-state index in [0.717, 1.165) is 29.5 Å². The monoisotopic (exact) mass is 274 g/mol. The highest BCUT2D eigenvalue weighted by molar-refractivity contribution is 5.95. The van der Waals surface area contributed by atoms with Gasteiger partial charge in [-0.15, -0.1) is 0 Å². The highest BCUT2D eigenvalue weighted by Gasteiger charge is 2.10. The molecule has 0 fully saturated rings. The molecule has 20 heavy (non-hydrogen) atoms. The van der Waals surface area contributed by atoms with E-state index in [2.05, 4.69) is 11.9 Å². The van der Waals surface area contributed by atoms with E-state index in [9.17, 15) is 4.79 Å². The summed E-state index contributed by atoms with van der Waals surface area (Å²) in [6.07, 6.45) is 2.11. The molecule has 0 atom stereocenters. The fraction of sp³-hybridized carbons (Fsp3) is 0.333. The van der Waals surface area contributed by atoms with Gasteiger partial charge in [0.15, 0.2) is 0 Å². The van der Waals surface area contributed by atoms with Crippen molar-refractivity contribution in [3.8, 4) is 5.75 Å². The van der Waals surface area contributed by atoms with Gasteiger partial charge in [-0.3, -0.25) is 10.0 Å². The molecule has 2 N–H and O–H groups in total. The summed E-state index contributed by atoms with van der Waals surface area (Å²) >= 11 is 0. The number of carbonyl (C=O) groups excluding carboxylic acids is 1. The second kappa shape index (κ2) is 6.34. The third-order valence-corrected chi connectivity index (χ3v) is 3.09. The van der Waals surface area contributed by atoms with Crippen molar-refractivity contribution in [1.29, 1.82) is 0 Å². The lowest BCUT2D eigenvalue weighted by molar-refractivity contribution is 0.0701.